The Morgan fingerprint density at radius 1 is 1.18 bits per heavy atom. The summed E-state index contributed by atoms with van der Waals surface area (Å²) in [5.74, 6) is -0.786. The maximum Gasteiger partial charge on any atom is 0.213 e. The normalized spacial score (nSPS) is 18.9. The van der Waals surface area contributed by atoms with E-state index in [0.29, 0.717) is 19.8 Å². The van der Waals surface area contributed by atoms with Crippen LogP contribution in [0.2, 0.25) is 5.02 Å². The molecule has 0 saturated carbocycles. The van der Waals surface area contributed by atoms with Gasteiger partial charge in [-0.15, -0.1) is 0 Å². The SMILES string of the molecule is Cc1cnccc1C1(Cn2c3c(c4cc(Cl)ccc42)CCNCC3)OCCO1. The van der Waals surface area contributed by atoms with Crippen LogP contribution in [0.25, 0.3) is 10.9 Å². The smallest absolute Gasteiger partial charge is 0.213 e. The van der Waals surface area contributed by atoms with Crippen LogP contribution in [0.4, 0.5) is 0 Å². The van der Waals surface area contributed by atoms with Gasteiger partial charge in [-0.2, -0.15) is 0 Å². The first-order valence-corrected chi connectivity index (χ1v) is 10.2. The van der Waals surface area contributed by atoms with E-state index in [-0.39, 0.29) is 0 Å². The second kappa shape index (κ2) is 7.16. The molecule has 28 heavy (non-hydrogen) atoms. The van der Waals surface area contributed by atoms with E-state index in [9.17, 15) is 0 Å². The van der Waals surface area contributed by atoms with E-state index in [1.165, 1.54) is 22.2 Å². The van der Waals surface area contributed by atoms with Gasteiger partial charge in [-0.1, -0.05) is 11.6 Å². The maximum absolute atomic E-state index is 6.34. The van der Waals surface area contributed by atoms with Gasteiger partial charge in [0.15, 0.2) is 0 Å². The van der Waals surface area contributed by atoms with E-state index < -0.39 is 5.79 Å². The summed E-state index contributed by atoms with van der Waals surface area (Å²) in [4.78, 5) is 4.25. The largest absolute Gasteiger partial charge is 0.342 e. The molecule has 2 aliphatic heterocycles. The predicted molar refractivity (Wildman–Crippen MR) is 110 cm³/mol. The van der Waals surface area contributed by atoms with Gasteiger partial charge in [0.05, 0.1) is 19.8 Å². The quantitative estimate of drug-likeness (QED) is 0.733. The van der Waals surface area contributed by atoms with Crippen LogP contribution < -0.4 is 5.32 Å². The highest BCUT2D eigenvalue weighted by molar-refractivity contribution is 6.31. The summed E-state index contributed by atoms with van der Waals surface area (Å²) in [5, 5.41) is 5.53. The lowest BCUT2D eigenvalue weighted by atomic mass is 10.0. The molecule has 1 aromatic carbocycles. The van der Waals surface area contributed by atoms with Gasteiger partial charge in [-0.25, -0.2) is 0 Å². The second-order valence-electron chi connectivity index (χ2n) is 7.56. The first-order valence-electron chi connectivity index (χ1n) is 9.87. The second-order valence-corrected chi connectivity index (χ2v) is 8.00. The lowest BCUT2D eigenvalue weighted by Gasteiger charge is -2.31. The summed E-state index contributed by atoms with van der Waals surface area (Å²) in [6.45, 7) is 5.83. The number of hydrogen-bond donors (Lipinski definition) is 1. The molecule has 5 nitrogen and oxygen atoms in total. The van der Waals surface area contributed by atoms with Gasteiger partial charge in [0.2, 0.25) is 5.79 Å². The number of fused-ring (bicyclic) bond motifs is 3. The number of nitrogens with one attached hydrogen (secondary N) is 1. The molecular formula is C22H24ClN3O2. The predicted octanol–water partition coefficient (Wildman–Crippen LogP) is 3.59. The Labute approximate surface area is 169 Å². The fourth-order valence-corrected chi connectivity index (χ4v) is 4.81. The van der Waals surface area contributed by atoms with Crippen molar-refractivity contribution in [3.63, 3.8) is 0 Å². The zero-order chi connectivity index (χ0) is 19.1. The minimum atomic E-state index is -0.786. The first kappa shape index (κ1) is 18.1. The number of ether oxygens (including phenoxy) is 2. The highest BCUT2D eigenvalue weighted by Gasteiger charge is 2.41. The topological polar surface area (TPSA) is 48.3 Å². The van der Waals surface area contributed by atoms with Gasteiger partial charge in [-0.3, -0.25) is 4.98 Å². The minimum Gasteiger partial charge on any atom is -0.342 e. The van der Waals surface area contributed by atoms with Crippen molar-refractivity contribution in [3.05, 3.63) is 64.1 Å². The van der Waals surface area contributed by atoms with Crippen LogP contribution in [-0.2, 0) is 34.6 Å². The summed E-state index contributed by atoms with van der Waals surface area (Å²) >= 11 is 6.34. The highest BCUT2D eigenvalue weighted by Crippen LogP contribution is 2.38. The Hall–Kier alpha value is -1.92. The molecule has 146 valence electrons. The van der Waals surface area contributed by atoms with Crippen LogP contribution in [0.5, 0.6) is 0 Å². The lowest BCUT2D eigenvalue weighted by molar-refractivity contribution is -0.176. The van der Waals surface area contributed by atoms with Crippen LogP contribution >= 0.6 is 11.6 Å². The van der Waals surface area contributed by atoms with Crippen molar-refractivity contribution in [2.45, 2.75) is 32.1 Å². The van der Waals surface area contributed by atoms with Crippen LogP contribution in [-0.4, -0.2) is 35.9 Å². The van der Waals surface area contributed by atoms with E-state index in [1.54, 1.807) is 0 Å². The fraction of sp³-hybridized carbons (Fsp3) is 0.409. The zero-order valence-corrected chi connectivity index (χ0v) is 16.8. The molecule has 0 amide bonds. The molecule has 5 rings (SSSR count). The van der Waals surface area contributed by atoms with Gasteiger partial charge in [0.25, 0.3) is 0 Å². The molecule has 4 heterocycles. The summed E-state index contributed by atoms with van der Waals surface area (Å²) in [6.07, 6.45) is 5.67. The maximum atomic E-state index is 6.34. The van der Waals surface area contributed by atoms with E-state index in [0.717, 1.165) is 42.1 Å². The van der Waals surface area contributed by atoms with Crippen LogP contribution in [0.3, 0.4) is 0 Å². The summed E-state index contributed by atoms with van der Waals surface area (Å²) in [5.41, 5.74) is 6.07. The molecule has 0 spiro atoms. The molecular weight excluding hydrogens is 374 g/mol. The van der Waals surface area contributed by atoms with Gasteiger partial charge in [0.1, 0.15) is 0 Å². The van der Waals surface area contributed by atoms with Crippen molar-refractivity contribution in [2.24, 2.45) is 0 Å². The summed E-state index contributed by atoms with van der Waals surface area (Å²) in [7, 11) is 0. The Balaban J connectivity index is 1.68. The molecule has 6 heteroatoms. The van der Waals surface area contributed by atoms with Gasteiger partial charge < -0.3 is 19.4 Å². The van der Waals surface area contributed by atoms with Gasteiger partial charge in [0, 0.05) is 52.5 Å². The molecule has 0 unspecified atom stereocenters. The molecule has 1 N–H and O–H groups in total. The number of aromatic nitrogens is 2. The van der Waals surface area contributed by atoms with Crippen molar-refractivity contribution < 1.29 is 9.47 Å². The van der Waals surface area contributed by atoms with Crippen LogP contribution in [0, 0.1) is 6.92 Å². The molecule has 0 radical (unpaired) electrons. The minimum absolute atomic E-state index is 0.594. The number of halogens is 1. The number of aryl methyl sites for hydroxylation is 1. The lowest BCUT2D eigenvalue weighted by Crippen LogP contribution is -2.34. The zero-order valence-electron chi connectivity index (χ0n) is 16.0. The molecule has 1 saturated heterocycles. The van der Waals surface area contributed by atoms with Crippen molar-refractivity contribution >= 4 is 22.5 Å². The molecule has 1 fully saturated rings. The van der Waals surface area contributed by atoms with E-state index >= 15 is 0 Å². The Morgan fingerprint density at radius 2 is 2.00 bits per heavy atom. The molecule has 2 aromatic heterocycles. The monoisotopic (exact) mass is 397 g/mol. The third kappa shape index (κ3) is 2.94. The van der Waals surface area contributed by atoms with Gasteiger partial charge >= 0.3 is 0 Å². The Morgan fingerprint density at radius 3 is 2.82 bits per heavy atom. The molecule has 0 bridgehead atoms. The molecule has 2 aliphatic rings. The standard InChI is InChI=1S/C22H24ClN3O2/c1-15-13-25-8-5-19(15)22(27-10-11-28-22)14-26-20-3-2-16(23)12-18(20)17-4-7-24-9-6-21(17)26/h2-3,5,8,12-13,24H,4,6-7,9-11,14H2,1H3. The van der Waals surface area contributed by atoms with Gasteiger partial charge in [-0.05, 0) is 55.3 Å². The Bertz CT molecular complexity index is 1020. The summed E-state index contributed by atoms with van der Waals surface area (Å²) in [6, 6.07) is 8.21. The Kier molecular flexibility index (Phi) is 4.63. The fourth-order valence-electron chi connectivity index (χ4n) is 4.64. The average molecular weight is 398 g/mol. The van der Waals surface area contributed by atoms with E-state index in [1.807, 2.05) is 24.5 Å². The number of benzene rings is 1. The highest BCUT2D eigenvalue weighted by atomic mass is 35.5. The van der Waals surface area contributed by atoms with Crippen molar-refractivity contribution in [2.75, 3.05) is 26.3 Å². The number of rotatable bonds is 3. The van der Waals surface area contributed by atoms with Crippen LogP contribution in [0.1, 0.15) is 22.4 Å². The molecule has 0 atom stereocenters. The number of nitrogens with zero attached hydrogens (tertiary/aromatic N) is 2. The number of hydrogen-bond acceptors (Lipinski definition) is 4. The van der Waals surface area contributed by atoms with E-state index in [2.05, 4.69) is 33.9 Å². The third-order valence-corrected chi connectivity index (χ3v) is 6.12. The van der Waals surface area contributed by atoms with E-state index in [4.69, 9.17) is 21.1 Å². The van der Waals surface area contributed by atoms with Crippen LogP contribution in [0.15, 0.2) is 36.7 Å². The van der Waals surface area contributed by atoms with Crippen molar-refractivity contribution in [3.8, 4) is 0 Å². The average Bonchev–Trinajstić information content (AvgIpc) is 3.17. The van der Waals surface area contributed by atoms with Crippen molar-refractivity contribution in [1.82, 2.24) is 14.9 Å². The van der Waals surface area contributed by atoms with Crippen molar-refractivity contribution in [1.29, 1.82) is 0 Å². The third-order valence-electron chi connectivity index (χ3n) is 5.89. The first-order chi connectivity index (χ1) is 13.7. The molecule has 3 aromatic rings. The number of pyridine rings is 1. The summed E-state index contributed by atoms with van der Waals surface area (Å²) < 4.78 is 14.9. The molecule has 0 aliphatic carbocycles.